The van der Waals surface area contributed by atoms with Crippen LogP contribution in [0.1, 0.15) is 63.6 Å². The zero-order chi connectivity index (χ0) is 22.7. The van der Waals surface area contributed by atoms with E-state index in [9.17, 15) is 0 Å². The van der Waals surface area contributed by atoms with Crippen molar-refractivity contribution in [3.63, 3.8) is 0 Å². The van der Waals surface area contributed by atoms with Crippen LogP contribution >= 0.6 is 0 Å². The van der Waals surface area contributed by atoms with E-state index in [1.165, 1.54) is 28.7 Å². The van der Waals surface area contributed by atoms with Gasteiger partial charge in [-0.15, -0.1) is 0 Å². The maximum absolute atomic E-state index is 2.61. The summed E-state index contributed by atoms with van der Waals surface area (Å²) in [5.74, 6) is 0. The minimum atomic E-state index is -1.77. The van der Waals surface area contributed by atoms with E-state index in [0.29, 0.717) is 0 Å². The SMILES string of the molecule is CC.CCC1=Cc2ccccc2[CH]1[Zr+2]([SiH2]C)[CH]1C(C)=Cc2c(-c3ccccc3)cccc21.[Cl-].[Cl-]. The Kier molecular flexibility index (Phi) is 11.3. The molecular formula is C30H35Cl2SiZr. The third-order valence-corrected chi connectivity index (χ3v) is 25.8. The van der Waals surface area contributed by atoms with Crippen molar-refractivity contribution in [3.05, 3.63) is 106 Å². The molecule has 2 aliphatic rings. The maximum Gasteiger partial charge on any atom is -1.00 e. The van der Waals surface area contributed by atoms with Crippen molar-refractivity contribution in [3.8, 4) is 11.1 Å². The largest absolute Gasteiger partial charge is 1.00 e. The minimum absolute atomic E-state index is 0. The van der Waals surface area contributed by atoms with E-state index in [4.69, 9.17) is 0 Å². The summed E-state index contributed by atoms with van der Waals surface area (Å²) in [6, 6.07) is 27.2. The molecule has 0 heterocycles. The minimum Gasteiger partial charge on any atom is -1.00 e. The van der Waals surface area contributed by atoms with Gasteiger partial charge in [-0.25, -0.2) is 0 Å². The average Bonchev–Trinajstić information content (AvgIpc) is 3.39. The van der Waals surface area contributed by atoms with Crippen LogP contribution in [-0.2, 0) is 20.9 Å². The standard InChI is InChI=1S/C16H13.C11H11.C2H6.CH5Si.2ClH.Zr/c1-12-10-14-8-5-9-15(16(14)11-12)13-6-3-2-4-7-13;1-2-9-7-10-5-3-4-6-11(10)8-9;2*1-2;;;/h2-11H,1H3;3-8H,2H2,1H3;1-2H3;2H2,1H3;2*1H;/q;;;;;;+2/p-2. The van der Waals surface area contributed by atoms with Crippen molar-refractivity contribution in [2.45, 2.75) is 47.9 Å². The summed E-state index contributed by atoms with van der Waals surface area (Å²) in [6.45, 7) is 11.3. The first-order chi connectivity index (χ1) is 15.7. The topological polar surface area (TPSA) is 0 Å². The molecular weight excluding hydrogens is 551 g/mol. The van der Waals surface area contributed by atoms with Gasteiger partial charge >= 0.3 is 191 Å². The van der Waals surface area contributed by atoms with E-state index in [0.717, 1.165) is 7.25 Å². The molecule has 0 saturated carbocycles. The molecule has 3 aromatic rings. The molecule has 2 atom stereocenters. The summed E-state index contributed by atoms with van der Waals surface area (Å²) in [5, 5.41) is 0. The van der Waals surface area contributed by atoms with Gasteiger partial charge in [-0.05, 0) is 0 Å². The van der Waals surface area contributed by atoms with Gasteiger partial charge in [0.05, 0.1) is 0 Å². The van der Waals surface area contributed by atoms with E-state index in [-0.39, 0.29) is 31.5 Å². The fourth-order valence-electron chi connectivity index (χ4n) is 5.62. The van der Waals surface area contributed by atoms with Gasteiger partial charge in [0, 0.05) is 0 Å². The summed E-state index contributed by atoms with van der Waals surface area (Å²) in [5.41, 5.74) is 12.4. The fraction of sp³-hybridized carbons (Fsp3) is 0.267. The van der Waals surface area contributed by atoms with Crippen LogP contribution in [0.4, 0.5) is 0 Å². The van der Waals surface area contributed by atoms with Crippen LogP contribution in [0.25, 0.3) is 23.3 Å². The molecule has 5 rings (SSSR count). The molecule has 0 amide bonds. The van der Waals surface area contributed by atoms with Crippen LogP contribution in [0, 0.1) is 0 Å². The summed E-state index contributed by atoms with van der Waals surface area (Å²) in [7, 11) is 0. The van der Waals surface area contributed by atoms with Crippen LogP contribution < -0.4 is 24.8 Å². The normalized spacial score (nSPS) is 17.4. The van der Waals surface area contributed by atoms with Crippen LogP contribution in [0.5, 0.6) is 0 Å². The van der Waals surface area contributed by atoms with Crippen LogP contribution in [0.2, 0.25) is 6.55 Å². The van der Waals surface area contributed by atoms with Crippen molar-refractivity contribution in [2.24, 2.45) is 0 Å². The number of allylic oxidation sites excluding steroid dienone is 2. The third kappa shape index (κ3) is 5.31. The molecule has 34 heavy (non-hydrogen) atoms. The van der Waals surface area contributed by atoms with Crippen molar-refractivity contribution in [1.82, 2.24) is 0 Å². The van der Waals surface area contributed by atoms with Crippen molar-refractivity contribution in [2.75, 3.05) is 0 Å². The molecule has 3 aromatic carbocycles. The Morgan fingerprint density at radius 3 is 2.09 bits per heavy atom. The van der Waals surface area contributed by atoms with Gasteiger partial charge in [0.25, 0.3) is 0 Å². The van der Waals surface area contributed by atoms with Crippen molar-refractivity contribution >= 4 is 18.8 Å². The molecule has 0 aliphatic heterocycles. The molecule has 0 nitrogen and oxygen atoms in total. The second-order valence-corrected chi connectivity index (χ2v) is 25.0. The summed E-state index contributed by atoms with van der Waals surface area (Å²) in [4.78, 5) is 0. The molecule has 0 N–H and O–H groups in total. The first-order valence-corrected chi connectivity index (χ1v) is 22.4. The number of halogens is 2. The number of rotatable bonds is 5. The van der Waals surface area contributed by atoms with Crippen molar-refractivity contribution < 1.29 is 45.7 Å². The van der Waals surface area contributed by atoms with Gasteiger partial charge in [-0.2, -0.15) is 0 Å². The first-order valence-electron chi connectivity index (χ1n) is 12.2. The van der Waals surface area contributed by atoms with Gasteiger partial charge in [0.15, 0.2) is 0 Å². The van der Waals surface area contributed by atoms with Crippen LogP contribution in [0.15, 0.2) is 83.9 Å². The van der Waals surface area contributed by atoms with E-state index < -0.39 is 20.9 Å². The first kappa shape index (κ1) is 29.1. The predicted molar refractivity (Wildman–Crippen MR) is 141 cm³/mol. The van der Waals surface area contributed by atoms with E-state index in [2.05, 4.69) is 105 Å². The van der Waals surface area contributed by atoms with Gasteiger partial charge in [0.1, 0.15) is 0 Å². The quantitative estimate of drug-likeness (QED) is 0.403. The Hall–Kier alpha value is -1.18. The van der Waals surface area contributed by atoms with Gasteiger partial charge in [-0.1, -0.05) is 13.8 Å². The summed E-state index contributed by atoms with van der Waals surface area (Å²) < 4.78 is 1.53. The number of hydrogen-bond donors (Lipinski definition) is 0. The molecule has 177 valence electrons. The molecule has 0 spiro atoms. The molecule has 2 aliphatic carbocycles. The molecule has 0 fully saturated rings. The Labute approximate surface area is 228 Å². The number of hydrogen-bond acceptors (Lipinski definition) is 0. The average molecular weight is 586 g/mol. The van der Waals surface area contributed by atoms with E-state index >= 15 is 0 Å². The van der Waals surface area contributed by atoms with E-state index in [1.54, 1.807) is 22.3 Å². The Balaban J connectivity index is 0.000000995. The van der Waals surface area contributed by atoms with Crippen LogP contribution in [-0.4, -0.2) is 6.65 Å². The summed E-state index contributed by atoms with van der Waals surface area (Å²) >= 11 is -1.77. The molecule has 0 radical (unpaired) electrons. The predicted octanol–water partition coefficient (Wildman–Crippen LogP) is 2.14. The van der Waals surface area contributed by atoms with Gasteiger partial charge < -0.3 is 24.8 Å². The Morgan fingerprint density at radius 1 is 0.765 bits per heavy atom. The molecule has 4 heteroatoms. The zero-order valence-corrected chi connectivity index (χ0v) is 26.3. The van der Waals surface area contributed by atoms with E-state index in [1.807, 2.05) is 13.8 Å². The Morgan fingerprint density at radius 2 is 1.41 bits per heavy atom. The number of fused-ring (bicyclic) bond motifs is 2. The zero-order valence-electron chi connectivity index (χ0n) is 20.9. The summed E-state index contributed by atoms with van der Waals surface area (Å²) in [6.07, 6.45) is 6.26. The number of benzene rings is 3. The smallest absolute Gasteiger partial charge is 1.00 e. The van der Waals surface area contributed by atoms with Crippen LogP contribution in [0.3, 0.4) is 0 Å². The molecule has 0 bridgehead atoms. The monoisotopic (exact) mass is 583 g/mol. The van der Waals surface area contributed by atoms with Crippen molar-refractivity contribution in [1.29, 1.82) is 0 Å². The molecule has 0 saturated heterocycles. The second-order valence-electron chi connectivity index (χ2n) is 8.56. The molecule has 2 unspecified atom stereocenters. The maximum atomic E-state index is 2.61. The van der Waals surface area contributed by atoms with Gasteiger partial charge in [-0.3, -0.25) is 0 Å². The second kappa shape index (κ2) is 13.2. The van der Waals surface area contributed by atoms with Gasteiger partial charge in [0.2, 0.25) is 0 Å². The fourth-order valence-corrected chi connectivity index (χ4v) is 26.1. The third-order valence-electron chi connectivity index (χ3n) is 6.94. The Bertz CT molecular complexity index is 1150. The molecule has 0 aromatic heterocycles.